The van der Waals surface area contributed by atoms with Crippen molar-refractivity contribution in [2.24, 2.45) is 0 Å². The van der Waals surface area contributed by atoms with Crippen LogP contribution in [-0.4, -0.2) is 6.61 Å². The van der Waals surface area contributed by atoms with Gasteiger partial charge in [0, 0.05) is 10.0 Å². The molecule has 108 valence electrons. The topological polar surface area (TPSA) is 33.0 Å². The van der Waals surface area contributed by atoms with Crippen molar-refractivity contribution in [1.29, 1.82) is 5.26 Å². The van der Waals surface area contributed by atoms with Crippen molar-refractivity contribution >= 4 is 15.9 Å². The zero-order chi connectivity index (χ0) is 15.1. The average Bonchev–Trinajstić information content (AvgIpc) is 2.50. The summed E-state index contributed by atoms with van der Waals surface area (Å²) in [6.45, 7) is 2.57. The van der Waals surface area contributed by atoms with Crippen LogP contribution in [0.4, 0.5) is 0 Å². The van der Waals surface area contributed by atoms with E-state index in [4.69, 9.17) is 4.74 Å². The van der Waals surface area contributed by atoms with Crippen LogP contribution in [0.2, 0.25) is 0 Å². The molecule has 0 fully saturated rings. The van der Waals surface area contributed by atoms with Gasteiger partial charge in [0.15, 0.2) is 0 Å². The van der Waals surface area contributed by atoms with Gasteiger partial charge in [0.1, 0.15) is 5.75 Å². The zero-order valence-corrected chi connectivity index (χ0v) is 13.6. The van der Waals surface area contributed by atoms with E-state index in [0.717, 1.165) is 28.6 Å². The number of ether oxygens (including phenoxy) is 1. The molecule has 0 radical (unpaired) electrons. The molecule has 0 heterocycles. The summed E-state index contributed by atoms with van der Waals surface area (Å²) < 4.78 is 6.70. The lowest BCUT2D eigenvalue weighted by Gasteiger charge is -2.14. The molecule has 0 spiro atoms. The highest BCUT2D eigenvalue weighted by Crippen LogP contribution is 2.30. The number of hydrogen-bond donors (Lipinski definition) is 0. The first-order valence-electron chi connectivity index (χ1n) is 7.10. The van der Waals surface area contributed by atoms with Crippen LogP contribution in [0.5, 0.6) is 5.75 Å². The van der Waals surface area contributed by atoms with E-state index in [0.29, 0.717) is 6.61 Å². The lowest BCUT2D eigenvalue weighted by atomic mass is 9.93. The van der Waals surface area contributed by atoms with E-state index < -0.39 is 0 Å². The molecule has 2 aromatic carbocycles. The minimum Gasteiger partial charge on any atom is -0.494 e. The quantitative estimate of drug-likeness (QED) is 0.731. The van der Waals surface area contributed by atoms with Gasteiger partial charge in [-0.2, -0.15) is 5.26 Å². The fourth-order valence-corrected chi connectivity index (χ4v) is 2.80. The first kappa shape index (κ1) is 15.6. The molecule has 0 aliphatic rings. The average molecular weight is 344 g/mol. The number of nitrogens with zero attached hydrogens (tertiary/aromatic N) is 1. The molecule has 2 aromatic rings. The highest BCUT2D eigenvalue weighted by atomic mass is 79.9. The van der Waals surface area contributed by atoms with Gasteiger partial charge in [-0.05, 0) is 43.5 Å². The Labute approximate surface area is 134 Å². The molecule has 3 heteroatoms. The number of rotatable bonds is 6. The monoisotopic (exact) mass is 343 g/mol. The Bertz CT molecular complexity index is 633. The van der Waals surface area contributed by atoms with E-state index in [9.17, 15) is 5.26 Å². The second-order valence-electron chi connectivity index (χ2n) is 4.82. The SMILES string of the molecule is CCOc1ccccc1C(C#N)CCc1cccc(Br)c1. The Hall–Kier alpha value is -1.79. The van der Waals surface area contributed by atoms with Crippen molar-refractivity contribution in [2.45, 2.75) is 25.7 Å². The number of halogens is 1. The van der Waals surface area contributed by atoms with Crippen molar-refractivity contribution < 1.29 is 4.74 Å². The molecule has 0 amide bonds. The second-order valence-corrected chi connectivity index (χ2v) is 5.74. The minimum absolute atomic E-state index is 0.147. The lowest BCUT2D eigenvalue weighted by molar-refractivity contribution is 0.335. The molecule has 0 aliphatic heterocycles. The zero-order valence-electron chi connectivity index (χ0n) is 12.1. The molecule has 1 atom stereocenters. The number of aryl methyl sites for hydroxylation is 1. The number of nitriles is 1. The molecular formula is C18H18BrNO. The summed E-state index contributed by atoms with van der Waals surface area (Å²) in [5, 5.41) is 9.49. The summed E-state index contributed by atoms with van der Waals surface area (Å²) in [6.07, 6.45) is 1.66. The van der Waals surface area contributed by atoms with Gasteiger partial charge in [-0.3, -0.25) is 0 Å². The molecule has 0 aromatic heterocycles. The molecule has 0 saturated carbocycles. The minimum atomic E-state index is -0.147. The fourth-order valence-electron chi connectivity index (χ4n) is 2.35. The highest BCUT2D eigenvalue weighted by molar-refractivity contribution is 9.10. The molecule has 2 nitrogen and oxygen atoms in total. The third-order valence-electron chi connectivity index (χ3n) is 3.36. The highest BCUT2D eigenvalue weighted by Gasteiger charge is 2.15. The number of hydrogen-bond acceptors (Lipinski definition) is 2. The maximum atomic E-state index is 9.49. The van der Waals surface area contributed by atoms with Crippen LogP contribution in [0.1, 0.15) is 30.4 Å². The van der Waals surface area contributed by atoms with E-state index in [2.05, 4.69) is 34.1 Å². The molecule has 0 saturated heterocycles. The van der Waals surface area contributed by atoms with Crippen LogP contribution in [-0.2, 0) is 6.42 Å². The standard InChI is InChI=1S/C18H18BrNO/c1-2-21-18-9-4-3-8-17(18)15(13-20)11-10-14-6-5-7-16(19)12-14/h3-9,12,15H,2,10-11H2,1H3. The third-order valence-corrected chi connectivity index (χ3v) is 3.85. The van der Waals surface area contributed by atoms with Crippen LogP contribution < -0.4 is 4.74 Å². The van der Waals surface area contributed by atoms with E-state index in [1.807, 2.05) is 43.3 Å². The second kappa shape index (κ2) is 7.85. The Morgan fingerprint density at radius 1 is 1.19 bits per heavy atom. The molecule has 1 unspecified atom stereocenters. The molecule has 0 bridgehead atoms. The van der Waals surface area contributed by atoms with Crippen molar-refractivity contribution in [3.8, 4) is 11.8 Å². The van der Waals surface area contributed by atoms with Crippen molar-refractivity contribution in [3.05, 3.63) is 64.1 Å². The summed E-state index contributed by atoms with van der Waals surface area (Å²) in [5.74, 6) is 0.674. The van der Waals surface area contributed by atoms with Crippen LogP contribution in [0, 0.1) is 11.3 Å². The Balaban J connectivity index is 2.12. The molecule has 0 aliphatic carbocycles. The van der Waals surface area contributed by atoms with Crippen molar-refractivity contribution in [2.75, 3.05) is 6.61 Å². The van der Waals surface area contributed by atoms with Gasteiger partial charge >= 0.3 is 0 Å². The maximum absolute atomic E-state index is 9.49. The van der Waals surface area contributed by atoms with E-state index in [1.165, 1.54) is 5.56 Å². The third kappa shape index (κ3) is 4.34. The van der Waals surface area contributed by atoms with Crippen LogP contribution in [0.3, 0.4) is 0 Å². The molecular weight excluding hydrogens is 326 g/mol. The molecule has 21 heavy (non-hydrogen) atoms. The first-order chi connectivity index (χ1) is 10.2. The predicted octanol–water partition coefficient (Wildman–Crippen LogP) is 5.09. The number of benzene rings is 2. The largest absolute Gasteiger partial charge is 0.494 e. The van der Waals surface area contributed by atoms with Gasteiger partial charge in [0.05, 0.1) is 18.6 Å². The van der Waals surface area contributed by atoms with Gasteiger partial charge in [-0.25, -0.2) is 0 Å². The lowest BCUT2D eigenvalue weighted by Crippen LogP contribution is -2.03. The van der Waals surface area contributed by atoms with Crippen molar-refractivity contribution in [3.63, 3.8) is 0 Å². The van der Waals surface area contributed by atoms with Crippen LogP contribution in [0.15, 0.2) is 53.0 Å². The fraction of sp³-hybridized carbons (Fsp3) is 0.278. The first-order valence-corrected chi connectivity index (χ1v) is 7.89. The van der Waals surface area contributed by atoms with Gasteiger partial charge in [-0.1, -0.05) is 46.3 Å². The summed E-state index contributed by atoms with van der Waals surface area (Å²) in [4.78, 5) is 0. The maximum Gasteiger partial charge on any atom is 0.123 e. The van der Waals surface area contributed by atoms with Crippen LogP contribution in [0.25, 0.3) is 0 Å². The van der Waals surface area contributed by atoms with Gasteiger partial charge < -0.3 is 4.74 Å². The summed E-state index contributed by atoms with van der Waals surface area (Å²) in [7, 11) is 0. The van der Waals surface area contributed by atoms with E-state index >= 15 is 0 Å². The van der Waals surface area contributed by atoms with Gasteiger partial charge in [-0.15, -0.1) is 0 Å². The van der Waals surface area contributed by atoms with Crippen LogP contribution >= 0.6 is 15.9 Å². The van der Waals surface area contributed by atoms with Gasteiger partial charge in [0.25, 0.3) is 0 Å². The summed E-state index contributed by atoms with van der Waals surface area (Å²) >= 11 is 3.48. The number of para-hydroxylation sites is 1. The summed E-state index contributed by atoms with van der Waals surface area (Å²) in [6, 6.07) is 18.5. The van der Waals surface area contributed by atoms with E-state index in [-0.39, 0.29) is 5.92 Å². The molecule has 2 rings (SSSR count). The van der Waals surface area contributed by atoms with Gasteiger partial charge in [0.2, 0.25) is 0 Å². The smallest absolute Gasteiger partial charge is 0.123 e. The summed E-state index contributed by atoms with van der Waals surface area (Å²) in [5.41, 5.74) is 2.22. The normalized spacial score (nSPS) is 11.7. The van der Waals surface area contributed by atoms with Crippen molar-refractivity contribution in [1.82, 2.24) is 0 Å². The predicted molar refractivity (Wildman–Crippen MR) is 88.4 cm³/mol. The molecule has 0 N–H and O–H groups in total. The Morgan fingerprint density at radius 3 is 2.71 bits per heavy atom. The Kier molecular flexibility index (Phi) is 5.83. The van der Waals surface area contributed by atoms with E-state index in [1.54, 1.807) is 0 Å². The Morgan fingerprint density at radius 2 is 2.00 bits per heavy atom.